The first-order chi connectivity index (χ1) is 16.5. The third-order valence-electron chi connectivity index (χ3n) is 7.91. The molecule has 2 aliphatic heterocycles. The summed E-state index contributed by atoms with van der Waals surface area (Å²) in [7, 11) is -0.915. The zero-order valence-corrected chi connectivity index (χ0v) is 22.8. The van der Waals surface area contributed by atoms with Gasteiger partial charge in [-0.15, -0.1) is 0 Å². The predicted octanol–water partition coefficient (Wildman–Crippen LogP) is 4.39. The van der Waals surface area contributed by atoms with Gasteiger partial charge in [0.1, 0.15) is 5.75 Å². The minimum atomic E-state index is -0.952. The lowest BCUT2D eigenvalue weighted by Crippen LogP contribution is -2.69. The van der Waals surface area contributed by atoms with Crippen molar-refractivity contribution >= 4 is 26.8 Å². The first kappa shape index (κ1) is 25.9. The van der Waals surface area contributed by atoms with E-state index in [0.29, 0.717) is 30.8 Å². The lowest BCUT2D eigenvalue weighted by atomic mass is 9.65. The fourth-order valence-corrected chi connectivity index (χ4v) is 6.32. The van der Waals surface area contributed by atoms with E-state index in [9.17, 15) is 14.4 Å². The maximum Gasteiger partial charge on any atom is 0.267 e. The molecular weight excluding hydrogens is 460 g/mol. The second-order valence-corrected chi connectivity index (χ2v) is 13.7. The van der Waals surface area contributed by atoms with E-state index in [1.54, 1.807) is 12.1 Å². The van der Waals surface area contributed by atoms with E-state index in [-0.39, 0.29) is 41.0 Å². The maximum absolute atomic E-state index is 14.1. The molecule has 2 heterocycles. The van der Waals surface area contributed by atoms with Gasteiger partial charge in [-0.25, -0.2) is 4.90 Å². The van der Waals surface area contributed by atoms with Gasteiger partial charge in [0, 0.05) is 19.4 Å². The Labute approximate surface area is 210 Å². The summed E-state index contributed by atoms with van der Waals surface area (Å²) in [6, 6.07) is 6.82. The van der Waals surface area contributed by atoms with Crippen LogP contribution in [0, 0.1) is 23.2 Å². The molecule has 1 aromatic carbocycles. The van der Waals surface area contributed by atoms with Crippen LogP contribution < -0.4 is 10.1 Å². The molecule has 1 saturated carbocycles. The topological polar surface area (TPSA) is 84.9 Å². The van der Waals surface area contributed by atoms with Gasteiger partial charge in [0.25, 0.3) is 5.91 Å². The number of amides is 3. The van der Waals surface area contributed by atoms with Gasteiger partial charge >= 0.3 is 0 Å². The van der Waals surface area contributed by atoms with Crippen LogP contribution >= 0.6 is 0 Å². The van der Waals surface area contributed by atoms with Crippen LogP contribution in [0.15, 0.2) is 24.3 Å². The largest absolute Gasteiger partial charge is 0.467 e. The maximum atomic E-state index is 14.1. The first-order valence-electron chi connectivity index (χ1n) is 12.9. The predicted molar refractivity (Wildman–Crippen MR) is 135 cm³/mol. The third-order valence-corrected chi connectivity index (χ3v) is 8.65. The van der Waals surface area contributed by atoms with Crippen molar-refractivity contribution in [3.63, 3.8) is 0 Å². The summed E-state index contributed by atoms with van der Waals surface area (Å²) < 4.78 is 12.5. The number of ether oxygens (including phenoxy) is 1. The van der Waals surface area contributed by atoms with E-state index < -0.39 is 20.7 Å². The second kappa shape index (κ2) is 9.69. The summed E-state index contributed by atoms with van der Waals surface area (Å²) in [6.07, 6.45) is 4.12. The molecule has 1 aromatic rings. The molecule has 7 nitrogen and oxygen atoms in total. The minimum Gasteiger partial charge on any atom is -0.467 e. The van der Waals surface area contributed by atoms with Gasteiger partial charge in [0.15, 0.2) is 5.72 Å². The summed E-state index contributed by atoms with van der Waals surface area (Å²) in [5.41, 5.74) is -0.707. The summed E-state index contributed by atoms with van der Waals surface area (Å²) in [4.78, 5) is 42.0. The number of benzene rings is 1. The zero-order chi connectivity index (χ0) is 25.5. The number of fused-ring (bicyclic) bond motifs is 1. The molecule has 0 bridgehead atoms. The van der Waals surface area contributed by atoms with Crippen LogP contribution in [-0.2, 0) is 14.0 Å². The highest BCUT2D eigenvalue weighted by Gasteiger charge is 2.56. The molecule has 1 aliphatic carbocycles. The van der Waals surface area contributed by atoms with Gasteiger partial charge in [-0.2, -0.15) is 0 Å². The van der Waals surface area contributed by atoms with Crippen LogP contribution in [0.2, 0.25) is 13.1 Å². The molecule has 3 aliphatic rings. The highest BCUT2D eigenvalue weighted by molar-refractivity contribution is 6.48. The first-order valence-corrected chi connectivity index (χ1v) is 15.3. The van der Waals surface area contributed by atoms with Crippen LogP contribution in [-0.4, -0.2) is 50.0 Å². The average Bonchev–Trinajstić information content (AvgIpc) is 2.79. The molecule has 1 saturated heterocycles. The number of rotatable bonds is 6. The number of nitrogens with zero attached hydrogens (tertiary/aromatic N) is 1. The van der Waals surface area contributed by atoms with Crippen molar-refractivity contribution in [1.82, 2.24) is 10.2 Å². The van der Waals surface area contributed by atoms with Crippen molar-refractivity contribution in [1.29, 1.82) is 0 Å². The van der Waals surface area contributed by atoms with E-state index >= 15 is 0 Å². The van der Waals surface area contributed by atoms with E-state index in [4.69, 9.17) is 9.16 Å². The number of imide groups is 1. The highest BCUT2D eigenvalue weighted by Crippen LogP contribution is 2.45. The van der Waals surface area contributed by atoms with Gasteiger partial charge in [-0.1, -0.05) is 46.2 Å². The van der Waals surface area contributed by atoms with Crippen LogP contribution in [0.25, 0.3) is 0 Å². The molecule has 2 fully saturated rings. The molecule has 4 rings (SSSR count). The number of carbonyl (C=O) groups is 3. The summed E-state index contributed by atoms with van der Waals surface area (Å²) >= 11 is 0. The number of nitrogens with one attached hydrogen (secondary N) is 1. The molecule has 8 heteroatoms. The van der Waals surface area contributed by atoms with E-state index in [1.165, 1.54) is 4.90 Å². The van der Waals surface area contributed by atoms with Crippen LogP contribution in [0.4, 0.5) is 0 Å². The normalized spacial score (nSPS) is 25.4. The Kier molecular flexibility index (Phi) is 7.17. The fraction of sp³-hybridized carbons (Fsp3) is 0.667. The van der Waals surface area contributed by atoms with Crippen molar-refractivity contribution < 1.29 is 23.5 Å². The average molecular weight is 500 g/mol. The molecule has 1 spiro atoms. The molecule has 0 aromatic heterocycles. The molecule has 3 amide bonds. The molecular formula is C27H39N2O5Si. The highest BCUT2D eigenvalue weighted by atomic mass is 28.3. The second-order valence-electron chi connectivity index (χ2n) is 11.6. The number of para-hydroxylation sites is 1. The minimum absolute atomic E-state index is 0.0333. The van der Waals surface area contributed by atoms with Crippen LogP contribution in [0.3, 0.4) is 0 Å². The fourth-order valence-electron chi connectivity index (χ4n) is 5.81. The molecule has 1 N–H and O–H groups in total. The molecule has 1 radical (unpaired) electrons. The third kappa shape index (κ3) is 4.79. The SMILES string of the molecule is C[C@@H](C(=O)N1C(=O)c2ccccc2OC12CCCCC2)[C@H]1NC(=O)[C@H]1[C@@H](CO[Si](C)C)C(C)(C)C. The van der Waals surface area contributed by atoms with Crippen LogP contribution in [0.5, 0.6) is 5.75 Å². The number of hydrogen-bond acceptors (Lipinski definition) is 5. The van der Waals surface area contributed by atoms with Crippen molar-refractivity contribution in [2.75, 3.05) is 6.61 Å². The number of β-lactam (4-membered cyclic amide) rings is 1. The molecule has 191 valence electrons. The van der Waals surface area contributed by atoms with Crippen molar-refractivity contribution in [2.24, 2.45) is 23.2 Å². The van der Waals surface area contributed by atoms with Crippen molar-refractivity contribution in [2.45, 2.75) is 84.7 Å². The van der Waals surface area contributed by atoms with Crippen molar-refractivity contribution in [3.8, 4) is 5.75 Å². The summed E-state index contributed by atoms with van der Waals surface area (Å²) in [5, 5.41) is 2.99. The Hall–Kier alpha value is -2.19. The van der Waals surface area contributed by atoms with E-state index in [0.717, 1.165) is 19.3 Å². The van der Waals surface area contributed by atoms with Gasteiger partial charge in [-0.3, -0.25) is 14.4 Å². The Balaban J connectivity index is 1.63. The monoisotopic (exact) mass is 499 g/mol. The molecule has 0 unspecified atom stereocenters. The Morgan fingerprint density at radius 1 is 1.20 bits per heavy atom. The zero-order valence-electron chi connectivity index (χ0n) is 21.8. The lowest BCUT2D eigenvalue weighted by Gasteiger charge is -2.51. The Morgan fingerprint density at radius 2 is 1.86 bits per heavy atom. The summed E-state index contributed by atoms with van der Waals surface area (Å²) in [6.45, 7) is 12.8. The number of hydrogen-bond donors (Lipinski definition) is 1. The van der Waals surface area contributed by atoms with E-state index in [1.807, 2.05) is 19.1 Å². The molecule has 4 atom stereocenters. The Morgan fingerprint density at radius 3 is 2.46 bits per heavy atom. The van der Waals surface area contributed by atoms with Gasteiger partial charge < -0.3 is 14.5 Å². The van der Waals surface area contributed by atoms with Gasteiger partial charge in [-0.05, 0) is 49.4 Å². The van der Waals surface area contributed by atoms with Crippen molar-refractivity contribution in [3.05, 3.63) is 29.8 Å². The van der Waals surface area contributed by atoms with E-state index in [2.05, 4.69) is 39.2 Å². The standard InChI is InChI=1S/C27H39N2O5Si/c1-17(22-21(23(30)28-22)19(26(2,3)4)16-33-35(5)6)24(31)29-25(32)18-12-8-9-13-20(18)34-27(29)14-10-7-11-15-27/h8-9,12-13,17,19,21-22H,7,10-11,14-16H2,1-6H3,(H,28,30)/t17-,19-,21+,22-/m1/s1. The smallest absolute Gasteiger partial charge is 0.267 e. The number of carbonyl (C=O) groups excluding carboxylic acids is 3. The molecule has 35 heavy (non-hydrogen) atoms. The lowest BCUT2D eigenvalue weighted by molar-refractivity contribution is -0.163. The summed E-state index contributed by atoms with van der Waals surface area (Å²) in [5.74, 6) is -1.00. The quantitative estimate of drug-likeness (QED) is 0.464. The van der Waals surface area contributed by atoms with Gasteiger partial charge in [0.2, 0.25) is 20.9 Å². The Bertz CT molecular complexity index is 982. The van der Waals surface area contributed by atoms with Crippen LogP contribution in [0.1, 0.15) is 70.2 Å². The van der Waals surface area contributed by atoms with Gasteiger partial charge in [0.05, 0.1) is 23.4 Å².